The quantitative estimate of drug-likeness (QED) is 0.576. The van der Waals surface area contributed by atoms with Gasteiger partial charge in [0.15, 0.2) is 0 Å². The van der Waals surface area contributed by atoms with Gasteiger partial charge in [-0.2, -0.15) is 0 Å². The molecule has 1 heterocycles. The maximum absolute atomic E-state index is 12.6. The molecule has 0 radical (unpaired) electrons. The largest absolute Gasteiger partial charge is 0.495 e. The highest BCUT2D eigenvalue weighted by Gasteiger charge is 2.58. The molecule has 0 amide bonds. The fraction of sp³-hybridized carbons (Fsp3) is 0.741. The minimum Gasteiger partial charge on any atom is -0.495 e. The number of aliphatic hydroxyl groups excluding tert-OH is 1. The molecular formula is C27H40O7. The zero-order valence-corrected chi connectivity index (χ0v) is 21.6. The first-order valence-corrected chi connectivity index (χ1v) is 12.4. The molecule has 0 unspecified atom stereocenters. The van der Waals surface area contributed by atoms with Crippen molar-refractivity contribution >= 4 is 5.97 Å². The molecule has 1 aliphatic heterocycles. The molecule has 5 atom stereocenters. The molecule has 2 aliphatic carbocycles. The zero-order chi connectivity index (χ0) is 25.1. The molecule has 2 N–H and O–H groups in total. The van der Waals surface area contributed by atoms with Crippen molar-refractivity contribution in [3.05, 3.63) is 22.3 Å². The first-order valence-electron chi connectivity index (χ1n) is 12.4. The summed E-state index contributed by atoms with van der Waals surface area (Å²) in [5.74, 6) is 0.706. The van der Waals surface area contributed by atoms with Crippen LogP contribution >= 0.6 is 0 Å². The van der Waals surface area contributed by atoms with Crippen molar-refractivity contribution < 1.29 is 34.0 Å². The van der Waals surface area contributed by atoms with E-state index in [9.17, 15) is 15.0 Å². The van der Waals surface area contributed by atoms with E-state index in [-0.39, 0.29) is 28.9 Å². The van der Waals surface area contributed by atoms with Crippen LogP contribution in [-0.2, 0) is 16.1 Å². The fourth-order valence-corrected chi connectivity index (χ4v) is 7.53. The molecule has 0 aromatic heterocycles. The molecule has 7 heteroatoms. The Balaban J connectivity index is 1.75. The van der Waals surface area contributed by atoms with E-state index in [2.05, 4.69) is 20.8 Å². The Morgan fingerprint density at radius 1 is 1.09 bits per heavy atom. The molecule has 190 valence electrons. The average molecular weight is 477 g/mol. The first kappa shape index (κ1) is 25.3. The monoisotopic (exact) mass is 476 g/mol. The molecule has 7 nitrogen and oxygen atoms in total. The molecule has 3 aliphatic rings. The lowest BCUT2D eigenvalue weighted by Gasteiger charge is -2.61. The number of rotatable bonds is 6. The van der Waals surface area contributed by atoms with E-state index in [1.165, 1.54) is 20.6 Å². The second kappa shape index (κ2) is 8.68. The SMILES string of the molecule is COc1c(C)c(OC[C@@H]2[C@@]3(C)CCCC(C)(C)[C@@H]3CC[C@@]2(C)O)c(CO)c2c1C(=O)O[C@@H]2OC. The molecule has 34 heavy (non-hydrogen) atoms. The van der Waals surface area contributed by atoms with Gasteiger partial charge in [0.1, 0.15) is 17.1 Å². The maximum Gasteiger partial charge on any atom is 0.345 e. The number of carbonyl (C=O) groups excluding carboxylic acids is 1. The highest BCUT2D eigenvalue weighted by atomic mass is 16.7. The summed E-state index contributed by atoms with van der Waals surface area (Å²) in [5.41, 5.74) is 1.10. The van der Waals surface area contributed by atoms with Crippen molar-refractivity contribution in [2.24, 2.45) is 22.7 Å². The number of methoxy groups -OCH3 is 2. The number of ether oxygens (including phenoxy) is 4. The van der Waals surface area contributed by atoms with Crippen LogP contribution in [0.3, 0.4) is 0 Å². The Morgan fingerprint density at radius 2 is 1.79 bits per heavy atom. The summed E-state index contributed by atoms with van der Waals surface area (Å²) in [6.45, 7) is 10.7. The van der Waals surface area contributed by atoms with Crippen molar-refractivity contribution in [2.75, 3.05) is 20.8 Å². The number of hydrogen-bond donors (Lipinski definition) is 2. The number of aliphatic hydroxyl groups is 2. The van der Waals surface area contributed by atoms with E-state index in [4.69, 9.17) is 18.9 Å². The van der Waals surface area contributed by atoms with Gasteiger partial charge in [0.25, 0.3) is 0 Å². The van der Waals surface area contributed by atoms with Crippen molar-refractivity contribution in [1.29, 1.82) is 0 Å². The fourth-order valence-electron chi connectivity index (χ4n) is 7.53. The van der Waals surface area contributed by atoms with Crippen LogP contribution in [0.1, 0.15) is 93.1 Å². The van der Waals surface area contributed by atoms with E-state index in [1.54, 1.807) is 0 Å². The number of hydrogen-bond acceptors (Lipinski definition) is 7. The van der Waals surface area contributed by atoms with E-state index in [1.807, 2.05) is 13.8 Å². The van der Waals surface area contributed by atoms with Crippen LogP contribution in [0.15, 0.2) is 0 Å². The molecular weight excluding hydrogens is 436 g/mol. The number of benzene rings is 1. The number of carbonyl (C=O) groups is 1. The Kier molecular flexibility index (Phi) is 6.45. The molecule has 4 rings (SSSR count). The van der Waals surface area contributed by atoms with Crippen LogP contribution < -0.4 is 9.47 Å². The smallest absolute Gasteiger partial charge is 0.345 e. The van der Waals surface area contributed by atoms with Gasteiger partial charge in [-0.1, -0.05) is 27.2 Å². The lowest BCUT2D eigenvalue weighted by molar-refractivity contribution is -0.176. The highest BCUT2D eigenvalue weighted by molar-refractivity contribution is 5.98. The van der Waals surface area contributed by atoms with Crippen LogP contribution in [0.2, 0.25) is 0 Å². The topological polar surface area (TPSA) is 94.5 Å². The van der Waals surface area contributed by atoms with E-state index in [0.717, 1.165) is 25.7 Å². The summed E-state index contributed by atoms with van der Waals surface area (Å²) < 4.78 is 22.8. The number of fused-ring (bicyclic) bond motifs is 2. The minimum atomic E-state index is -0.930. The third-order valence-corrected chi connectivity index (χ3v) is 9.16. The van der Waals surface area contributed by atoms with Crippen LogP contribution in [0, 0.1) is 29.6 Å². The van der Waals surface area contributed by atoms with Gasteiger partial charge < -0.3 is 29.2 Å². The Morgan fingerprint density at radius 3 is 2.41 bits per heavy atom. The number of esters is 1. The van der Waals surface area contributed by atoms with Gasteiger partial charge in [-0.25, -0.2) is 4.79 Å². The summed E-state index contributed by atoms with van der Waals surface area (Å²) in [6, 6.07) is 0. The predicted octanol–water partition coefficient (Wildman–Crippen LogP) is 4.68. The second-order valence-electron chi connectivity index (χ2n) is 11.5. The summed E-state index contributed by atoms with van der Waals surface area (Å²) in [4.78, 5) is 12.6. The third kappa shape index (κ3) is 3.71. The van der Waals surface area contributed by atoms with Gasteiger partial charge in [0.05, 0.1) is 25.9 Å². The van der Waals surface area contributed by atoms with Crippen LogP contribution in [0.25, 0.3) is 0 Å². The van der Waals surface area contributed by atoms with Gasteiger partial charge in [-0.05, 0) is 56.3 Å². The van der Waals surface area contributed by atoms with Gasteiger partial charge in [-0.15, -0.1) is 0 Å². The Hall–Kier alpha value is -1.83. The summed E-state index contributed by atoms with van der Waals surface area (Å²) >= 11 is 0. The van der Waals surface area contributed by atoms with Crippen molar-refractivity contribution in [3.63, 3.8) is 0 Å². The zero-order valence-electron chi connectivity index (χ0n) is 21.6. The summed E-state index contributed by atoms with van der Waals surface area (Å²) in [5, 5.41) is 21.8. The van der Waals surface area contributed by atoms with Crippen molar-refractivity contribution in [1.82, 2.24) is 0 Å². The van der Waals surface area contributed by atoms with Crippen molar-refractivity contribution in [3.8, 4) is 11.5 Å². The predicted molar refractivity (Wildman–Crippen MR) is 127 cm³/mol. The molecule has 0 bridgehead atoms. The third-order valence-electron chi connectivity index (χ3n) is 9.16. The molecule has 2 fully saturated rings. The van der Waals surface area contributed by atoms with E-state index < -0.39 is 17.9 Å². The van der Waals surface area contributed by atoms with E-state index in [0.29, 0.717) is 40.7 Å². The Bertz CT molecular complexity index is 966. The first-order chi connectivity index (χ1) is 15.9. The Labute approximate surface area is 202 Å². The lowest BCUT2D eigenvalue weighted by atomic mass is 9.46. The normalized spacial score (nSPS) is 34.3. The van der Waals surface area contributed by atoms with Crippen molar-refractivity contribution in [2.45, 2.75) is 85.2 Å². The van der Waals surface area contributed by atoms with Crippen LogP contribution in [-0.4, -0.2) is 42.6 Å². The minimum absolute atomic E-state index is 0.0638. The van der Waals surface area contributed by atoms with Crippen LogP contribution in [0.4, 0.5) is 0 Å². The standard InChI is InChI=1S/C27H40O7/c1-15-21(16(13-28)19-20(22(15)31-6)23(29)34-24(19)32-7)33-14-18-26(4)11-8-10-25(2,3)17(26)9-12-27(18,5)30/h17-18,24,28,30H,8-14H2,1-7H3/t17-,18+,24-,26-,27+/m0/s1. The van der Waals surface area contributed by atoms with Gasteiger partial charge >= 0.3 is 5.97 Å². The molecule has 0 saturated heterocycles. The van der Waals surface area contributed by atoms with Crippen LogP contribution in [0.5, 0.6) is 11.5 Å². The van der Waals surface area contributed by atoms with Gasteiger partial charge in [0, 0.05) is 29.7 Å². The summed E-state index contributed by atoms with van der Waals surface area (Å²) in [6.07, 6.45) is 4.20. The summed E-state index contributed by atoms with van der Waals surface area (Å²) in [7, 11) is 2.95. The highest BCUT2D eigenvalue weighted by Crippen LogP contribution is 2.62. The molecule has 0 spiro atoms. The molecule has 1 aromatic rings. The number of cyclic esters (lactones) is 1. The maximum atomic E-state index is 12.6. The second-order valence-corrected chi connectivity index (χ2v) is 11.5. The van der Waals surface area contributed by atoms with Gasteiger partial charge in [-0.3, -0.25) is 0 Å². The van der Waals surface area contributed by atoms with Gasteiger partial charge in [0.2, 0.25) is 6.29 Å². The molecule has 2 saturated carbocycles. The van der Waals surface area contributed by atoms with E-state index >= 15 is 0 Å². The average Bonchev–Trinajstić information content (AvgIpc) is 3.08. The molecule has 1 aromatic carbocycles. The lowest BCUT2D eigenvalue weighted by Crippen LogP contribution is -2.59.